The van der Waals surface area contributed by atoms with E-state index in [1.165, 1.54) is 11.8 Å². The maximum Gasteiger partial charge on any atom is 0.262 e. The molecule has 0 aliphatic rings. The SMILES string of the molecule is CC(C)CCn1c(SCC(=O)Nc2cccnc2Cl)nc2ccccc2c1=O. The minimum absolute atomic E-state index is 0.0792. The molecule has 3 aromatic rings. The van der Waals surface area contributed by atoms with Gasteiger partial charge in [-0.25, -0.2) is 9.97 Å². The van der Waals surface area contributed by atoms with Gasteiger partial charge >= 0.3 is 0 Å². The number of pyridine rings is 1. The lowest BCUT2D eigenvalue weighted by atomic mass is 10.1. The zero-order valence-electron chi connectivity index (χ0n) is 15.7. The van der Waals surface area contributed by atoms with E-state index in [9.17, 15) is 9.59 Å². The number of anilines is 1. The number of nitrogens with zero attached hydrogens (tertiary/aromatic N) is 3. The maximum absolute atomic E-state index is 12.9. The van der Waals surface area contributed by atoms with Gasteiger partial charge in [-0.15, -0.1) is 0 Å². The van der Waals surface area contributed by atoms with Crippen LogP contribution in [0, 0.1) is 5.92 Å². The number of carbonyl (C=O) groups excluding carboxylic acids is 1. The molecule has 0 atom stereocenters. The largest absolute Gasteiger partial charge is 0.323 e. The van der Waals surface area contributed by atoms with Gasteiger partial charge in [0.15, 0.2) is 10.3 Å². The molecule has 146 valence electrons. The molecule has 0 saturated carbocycles. The Balaban J connectivity index is 1.82. The van der Waals surface area contributed by atoms with Crippen LogP contribution in [0.1, 0.15) is 20.3 Å². The number of aromatic nitrogens is 3. The molecule has 1 aromatic carbocycles. The van der Waals surface area contributed by atoms with Crippen LogP contribution >= 0.6 is 23.4 Å². The number of rotatable bonds is 7. The lowest BCUT2D eigenvalue weighted by Crippen LogP contribution is -2.25. The number of amides is 1. The molecule has 1 amide bonds. The summed E-state index contributed by atoms with van der Waals surface area (Å²) >= 11 is 7.21. The van der Waals surface area contributed by atoms with Crippen molar-refractivity contribution in [3.05, 3.63) is 58.1 Å². The molecule has 0 bridgehead atoms. The van der Waals surface area contributed by atoms with Crippen LogP contribution < -0.4 is 10.9 Å². The Morgan fingerprint density at radius 1 is 1.25 bits per heavy atom. The van der Waals surface area contributed by atoms with Crippen LogP contribution in [-0.4, -0.2) is 26.2 Å². The predicted octanol–water partition coefficient (Wildman–Crippen LogP) is 4.22. The second-order valence-electron chi connectivity index (χ2n) is 6.73. The predicted molar refractivity (Wildman–Crippen MR) is 114 cm³/mol. The van der Waals surface area contributed by atoms with Crippen molar-refractivity contribution in [1.29, 1.82) is 0 Å². The Morgan fingerprint density at radius 2 is 2.04 bits per heavy atom. The van der Waals surface area contributed by atoms with Crippen molar-refractivity contribution in [1.82, 2.24) is 14.5 Å². The van der Waals surface area contributed by atoms with E-state index >= 15 is 0 Å². The van der Waals surface area contributed by atoms with Crippen molar-refractivity contribution >= 4 is 45.9 Å². The first-order valence-electron chi connectivity index (χ1n) is 8.98. The lowest BCUT2D eigenvalue weighted by Gasteiger charge is -2.14. The van der Waals surface area contributed by atoms with Gasteiger partial charge in [0.05, 0.1) is 22.3 Å². The first kappa shape index (κ1) is 20.4. The molecule has 0 radical (unpaired) electrons. The molecule has 2 heterocycles. The molecule has 0 fully saturated rings. The molecular weight excluding hydrogens is 396 g/mol. The standard InChI is InChI=1S/C20H21ClN4O2S/c1-13(2)9-11-25-19(27)14-6-3-4-7-15(14)24-20(25)28-12-17(26)23-16-8-5-10-22-18(16)21/h3-8,10,13H,9,11-12H2,1-2H3,(H,23,26). The first-order valence-corrected chi connectivity index (χ1v) is 10.3. The van der Waals surface area contributed by atoms with Crippen molar-refractivity contribution in [3.63, 3.8) is 0 Å². The number of hydrogen-bond donors (Lipinski definition) is 1. The van der Waals surface area contributed by atoms with Gasteiger partial charge in [-0.05, 0) is 36.6 Å². The number of carbonyl (C=O) groups is 1. The van der Waals surface area contributed by atoms with Crippen LogP contribution in [0.5, 0.6) is 0 Å². The lowest BCUT2D eigenvalue weighted by molar-refractivity contribution is -0.113. The first-order chi connectivity index (χ1) is 13.5. The summed E-state index contributed by atoms with van der Waals surface area (Å²) in [6.45, 7) is 4.78. The van der Waals surface area contributed by atoms with Gasteiger partial charge in [0.1, 0.15) is 0 Å². The third kappa shape index (κ3) is 4.91. The van der Waals surface area contributed by atoms with E-state index in [4.69, 9.17) is 11.6 Å². The van der Waals surface area contributed by atoms with Crippen LogP contribution in [0.15, 0.2) is 52.5 Å². The maximum atomic E-state index is 12.9. The zero-order chi connectivity index (χ0) is 20.1. The molecule has 6 nitrogen and oxygen atoms in total. The minimum Gasteiger partial charge on any atom is -0.323 e. The highest BCUT2D eigenvalue weighted by molar-refractivity contribution is 7.99. The van der Waals surface area contributed by atoms with Gasteiger partial charge in [-0.1, -0.05) is 49.3 Å². The molecule has 0 aliphatic heterocycles. The molecule has 2 aromatic heterocycles. The van der Waals surface area contributed by atoms with Crippen LogP contribution in [0.4, 0.5) is 5.69 Å². The Bertz CT molecular complexity index is 1050. The highest BCUT2D eigenvalue weighted by atomic mass is 35.5. The Morgan fingerprint density at radius 3 is 2.79 bits per heavy atom. The van der Waals surface area contributed by atoms with Crippen molar-refractivity contribution in [2.45, 2.75) is 32.0 Å². The normalized spacial score (nSPS) is 11.1. The van der Waals surface area contributed by atoms with Crippen LogP contribution in [-0.2, 0) is 11.3 Å². The van der Waals surface area contributed by atoms with Gasteiger partial charge in [0.2, 0.25) is 5.91 Å². The smallest absolute Gasteiger partial charge is 0.262 e. The summed E-state index contributed by atoms with van der Waals surface area (Å²) in [7, 11) is 0. The fourth-order valence-electron chi connectivity index (χ4n) is 2.64. The number of nitrogens with one attached hydrogen (secondary N) is 1. The summed E-state index contributed by atoms with van der Waals surface area (Å²) in [6, 6.07) is 10.6. The highest BCUT2D eigenvalue weighted by Crippen LogP contribution is 2.21. The van der Waals surface area contributed by atoms with Crippen LogP contribution in [0.25, 0.3) is 10.9 Å². The molecule has 28 heavy (non-hydrogen) atoms. The molecule has 1 N–H and O–H groups in total. The molecule has 0 spiro atoms. The zero-order valence-corrected chi connectivity index (χ0v) is 17.3. The summed E-state index contributed by atoms with van der Waals surface area (Å²) < 4.78 is 1.66. The Kier molecular flexibility index (Phi) is 6.70. The van der Waals surface area contributed by atoms with E-state index in [1.807, 2.05) is 18.2 Å². The topological polar surface area (TPSA) is 76.9 Å². The number of benzene rings is 1. The second kappa shape index (κ2) is 9.21. The second-order valence-corrected chi connectivity index (χ2v) is 8.03. The summed E-state index contributed by atoms with van der Waals surface area (Å²) in [5, 5.41) is 4.09. The molecule has 0 unspecified atom stereocenters. The quantitative estimate of drug-likeness (QED) is 0.354. The Labute approximate surface area is 172 Å². The van der Waals surface area contributed by atoms with Crippen LogP contribution in [0.3, 0.4) is 0 Å². The fraction of sp³-hybridized carbons (Fsp3) is 0.300. The van der Waals surface area contributed by atoms with E-state index in [-0.39, 0.29) is 22.4 Å². The minimum atomic E-state index is -0.238. The molecule has 0 aliphatic carbocycles. The monoisotopic (exact) mass is 416 g/mol. The average Bonchev–Trinajstić information content (AvgIpc) is 2.67. The number of thioether (sulfide) groups is 1. The summed E-state index contributed by atoms with van der Waals surface area (Å²) in [5.74, 6) is 0.322. The van der Waals surface area contributed by atoms with Gasteiger partial charge in [-0.3, -0.25) is 14.2 Å². The van der Waals surface area contributed by atoms with Gasteiger partial charge in [-0.2, -0.15) is 0 Å². The van der Waals surface area contributed by atoms with Crippen molar-refractivity contribution in [2.75, 3.05) is 11.1 Å². The van der Waals surface area contributed by atoms with E-state index in [1.54, 1.807) is 29.0 Å². The van der Waals surface area contributed by atoms with E-state index < -0.39 is 0 Å². The molecular formula is C20H21ClN4O2S. The highest BCUT2D eigenvalue weighted by Gasteiger charge is 2.14. The molecule has 3 rings (SSSR count). The van der Waals surface area contributed by atoms with Crippen molar-refractivity contribution in [3.8, 4) is 0 Å². The van der Waals surface area contributed by atoms with Gasteiger partial charge in [0, 0.05) is 12.7 Å². The van der Waals surface area contributed by atoms with Crippen LogP contribution in [0.2, 0.25) is 5.15 Å². The summed E-state index contributed by atoms with van der Waals surface area (Å²) in [6.07, 6.45) is 2.41. The van der Waals surface area contributed by atoms with Crippen molar-refractivity contribution in [2.24, 2.45) is 5.92 Å². The van der Waals surface area contributed by atoms with Crippen molar-refractivity contribution < 1.29 is 4.79 Å². The number of hydrogen-bond acceptors (Lipinski definition) is 5. The van der Waals surface area contributed by atoms with Gasteiger partial charge in [0.25, 0.3) is 5.56 Å². The summed E-state index contributed by atoms with van der Waals surface area (Å²) in [4.78, 5) is 33.8. The molecule has 8 heteroatoms. The number of halogens is 1. The number of para-hydroxylation sites is 1. The Hall–Kier alpha value is -2.38. The van der Waals surface area contributed by atoms with E-state index in [0.29, 0.717) is 34.2 Å². The average molecular weight is 417 g/mol. The van der Waals surface area contributed by atoms with E-state index in [2.05, 4.69) is 29.1 Å². The third-order valence-corrected chi connectivity index (χ3v) is 5.40. The third-order valence-electron chi connectivity index (χ3n) is 4.12. The fourth-order valence-corrected chi connectivity index (χ4v) is 3.63. The van der Waals surface area contributed by atoms with Gasteiger partial charge < -0.3 is 5.32 Å². The van der Waals surface area contributed by atoms with E-state index in [0.717, 1.165) is 6.42 Å². The number of fused-ring (bicyclic) bond motifs is 1. The molecule has 0 saturated heterocycles. The summed E-state index contributed by atoms with van der Waals surface area (Å²) in [5.41, 5.74) is 1.01.